The number of methoxy groups -OCH3 is 1. The van der Waals surface area contributed by atoms with Crippen LogP contribution >= 0.6 is 0 Å². The zero-order valence-electron chi connectivity index (χ0n) is 13.2. The molecular formula is C15H16N4O4. The van der Waals surface area contributed by atoms with Gasteiger partial charge < -0.3 is 19.0 Å². The third kappa shape index (κ3) is 2.28. The smallest absolute Gasteiger partial charge is 0.358 e. The van der Waals surface area contributed by atoms with E-state index in [2.05, 4.69) is 10.4 Å². The number of aromatic nitrogens is 3. The van der Waals surface area contributed by atoms with Crippen LogP contribution in [0.2, 0.25) is 0 Å². The fourth-order valence-corrected chi connectivity index (χ4v) is 2.58. The second-order valence-electron chi connectivity index (χ2n) is 5.14. The molecule has 0 saturated heterocycles. The van der Waals surface area contributed by atoms with Gasteiger partial charge in [-0.25, -0.2) is 4.79 Å². The summed E-state index contributed by atoms with van der Waals surface area (Å²) in [4.78, 5) is 24.5. The van der Waals surface area contributed by atoms with Crippen molar-refractivity contribution >= 4 is 28.7 Å². The number of nitrogens with one attached hydrogen (secondary N) is 1. The first kappa shape index (κ1) is 14.9. The molecule has 23 heavy (non-hydrogen) atoms. The fraction of sp³-hybridized carbons (Fsp3) is 0.267. The predicted octanol–water partition coefficient (Wildman–Crippen LogP) is 1.85. The summed E-state index contributed by atoms with van der Waals surface area (Å²) < 4.78 is 13.1. The van der Waals surface area contributed by atoms with Gasteiger partial charge in [-0.3, -0.25) is 9.48 Å². The number of anilines is 1. The van der Waals surface area contributed by atoms with Gasteiger partial charge in [0.1, 0.15) is 5.69 Å². The maximum Gasteiger partial charge on any atom is 0.358 e. The predicted molar refractivity (Wildman–Crippen MR) is 82.4 cm³/mol. The fourth-order valence-electron chi connectivity index (χ4n) is 2.58. The summed E-state index contributed by atoms with van der Waals surface area (Å²) in [6.07, 6.45) is 1.56. The van der Waals surface area contributed by atoms with Gasteiger partial charge in [-0.05, 0) is 6.92 Å². The Labute approximate surface area is 131 Å². The molecule has 3 heterocycles. The average Bonchev–Trinajstić information content (AvgIpc) is 3.15. The lowest BCUT2D eigenvalue weighted by atomic mass is 10.2. The Hall–Kier alpha value is -3.03. The molecule has 0 fully saturated rings. The molecule has 3 aromatic rings. The number of aryl methyl sites for hydroxylation is 3. The van der Waals surface area contributed by atoms with E-state index in [0.29, 0.717) is 22.7 Å². The average molecular weight is 316 g/mol. The van der Waals surface area contributed by atoms with Crippen molar-refractivity contribution in [2.45, 2.75) is 6.92 Å². The molecule has 3 aromatic heterocycles. The molecule has 0 bridgehead atoms. The third-order valence-corrected chi connectivity index (χ3v) is 3.74. The highest BCUT2D eigenvalue weighted by Gasteiger charge is 2.24. The molecule has 0 unspecified atom stereocenters. The van der Waals surface area contributed by atoms with E-state index in [1.54, 1.807) is 44.0 Å². The minimum atomic E-state index is -0.566. The van der Waals surface area contributed by atoms with Crippen molar-refractivity contribution in [2.75, 3.05) is 12.4 Å². The van der Waals surface area contributed by atoms with Crippen LogP contribution in [0, 0.1) is 6.92 Å². The first-order chi connectivity index (χ1) is 10.9. The third-order valence-electron chi connectivity index (χ3n) is 3.74. The van der Waals surface area contributed by atoms with Crippen LogP contribution in [0.15, 0.2) is 22.8 Å². The maximum atomic E-state index is 12.6. The second-order valence-corrected chi connectivity index (χ2v) is 5.14. The summed E-state index contributed by atoms with van der Waals surface area (Å²) in [7, 11) is 4.66. The molecule has 120 valence electrons. The Morgan fingerprint density at radius 3 is 2.74 bits per heavy atom. The number of ether oxygens (including phenoxy) is 1. The standard InChI is InChI=1S/C15H16N4O4/c1-8-12(13(15(21)22-4)19(3)17-8)16-14(20)10-7-11-9(18(10)2)5-6-23-11/h5-7H,1-4H3,(H,16,20). The highest BCUT2D eigenvalue weighted by atomic mass is 16.5. The monoisotopic (exact) mass is 316 g/mol. The molecule has 0 spiro atoms. The van der Waals surface area contributed by atoms with E-state index in [4.69, 9.17) is 9.15 Å². The number of fused-ring (bicyclic) bond motifs is 1. The van der Waals surface area contributed by atoms with Gasteiger partial charge in [0, 0.05) is 26.2 Å². The summed E-state index contributed by atoms with van der Waals surface area (Å²) in [5.41, 5.74) is 2.90. The number of rotatable bonds is 3. The molecule has 0 saturated carbocycles. The van der Waals surface area contributed by atoms with Crippen LogP contribution in [0.1, 0.15) is 26.7 Å². The molecule has 1 N–H and O–H groups in total. The van der Waals surface area contributed by atoms with E-state index < -0.39 is 5.97 Å². The minimum absolute atomic E-state index is 0.191. The van der Waals surface area contributed by atoms with E-state index >= 15 is 0 Å². The van der Waals surface area contributed by atoms with E-state index in [0.717, 1.165) is 5.52 Å². The molecule has 0 aliphatic rings. The number of nitrogens with zero attached hydrogens (tertiary/aromatic N) is 3. The van der Waals surface area contributed by atoms with E-state index in [-0.39, 0.29) is 11.6 Å². The Morgan fingerprint density at radius 2 is 2.09 bits per heavy atom. The second kappa shape index (κ2) is 5.31. The van der Waals surface area contributed by atoms with Crippen LogP contribution in [-0.4, -0.2) is 33.3 Å². The number of carbonyl (C=O) groups is 2. The van der Waals surface area contributed by atoms with E-state index in [9.17, 15) is 9.59 Å². The van der Waals surface area contributed by atoms with Gasteiger partial charge in [0.15, 0.2) is 11.3 Å². The van der Waals surface area contributed by atoms with Crippen LogP contribution in [-0.2, 0) is 18.8 Å². The minimum Gasteiger partial charge on any atom is -0.464 e. The number of esters is 1. The lowest BCUT2D eigenvalue weighted by Gasteiger charge is -2.08. The van der Waals surface area contributed by atoms with Crippen molar-refractivity contribution in [1.82, 2.24) is 14.3 Å². The number of hydrogen-bond donors (Lipinski definition) is 1. The summed E-state index contributed by atoms with van der Waals surface area (Å²) >= 11 is 0. The molecular weight excluding hydrogens is 300 g/mol. The van der Waals surface area contributed by atoms with Gasteiger partial charge in [0.05, 0.1) is 30.3 Å². The van der Waals surface area contributed by atoms with E-state index in [1.807, 2.05) is 0 Å². The molecule has 0 aliphatic heterocycles. The highest BCUT2D eigenvalue weighted by molar-refractivity contribution is 6.08. The topological polar surface area (TPSA) is 91.3 Å². The lowest BCUT2D eigenvalue weighted by Crippen LogP contribution is -2.18. The molecule has 3 rings (SSSR count). The van der Waals surface area contributed by atoms with Crippen molar-refractivity contribution < 1.29 is 18.7 Å². The Morgan fingerprint density at radius 1 is 1.35 bits per heavy atom. The molecule has 0 radical (unpaired) electrons. The van der Waals surface area contributed by atoms with Crippen molar-refractivity contribution in [2.24, 2.45) is 14.1 Å². The van der Waals surface area contributed by atoms with Crippen LogP contribution in [0.25, 0.3) is 11.1 Å². The normalized spacial score (nSPS) is 11.0. The van der Waals surface area contributed by atoms with Crippen LogP contribution in [0.3, 0.4) is 0 Å². The molecule has 8 heteroatoms. The summed E-state index contributed by atoms with van der Waals surface area (Å²) in [6.45, 7) is 1.71. The number of amides is 1. The summed E-state index contributed by atoms with van der Waals surface area (Å²) in [5, 5.41) is 6.89. The molecule has 0 aliphatic carbocycles. The molecule has 0 aromatic carbocycles. The van der Waals surface area contributed by atoms with Crippen LogP contribution in [0.5, 0.6) is 0 Å². The summed E-state index contributed by atoms with van der Waals surface area (Å²) in [5.74, 6) is -0.927. The number of furan rings is 1. The van der Waals surface area contributed by atoms with Gasteiger partial charge in [-0.2, -0.15) is 5.10 Å². The van der Waals surface area contributed by atoms with Gasteiger partial charge in [0.2, 0.25) is 0 Å². The zero-order chi connectivity index (χ0) is 16.7. The summed E-state index contributed by atoms with van der Waals surface area (Å²) in [6, 6.07) is 3.43. The lowest BCUT2D eigenvalue weighted by molar-refractivity contribution is 0.0589. The first-order valence-electron chi connectivity index (χ1n) is 6.90. The quantitative estimate of drug-likeness (QED) is 0.745. The van der Waals surface area contributed by atoms with Gasteiger partial charge in [-0.1, -0.05) is 0 Å². The number of hydrogen-bond acceptors (Lipinski definition) is 5. The Balaban J connectivity index is 1.99. The van der Waals surface area contributed by atoms with Gasteiger partial charge >= 0.3 is 5.97 Å². The number of carbonyl (C=O) groups excluding carboxylic acids is 2. The highest BCUT2D eigenvalue weighted by Crippen LogP contribution is 2.24. The Bertz CT molecular complexity index is 916. The Kier molecular flexibility index (Phi) is 3.44. The van der Waals surface area contributed by atoms with Crippen LogP contribution in [0.4, 0.5) is 5.69 Å². The largest absolute Gasteiger partial charge is 0.464 e. The van der Waals surface area contributed by atoms with Crippen molar-refractivity contribution in [3.63, 3.8) is 0 Å². The van der Waals surface area contributed by atoms with E-state index in [1.165, 1.54) is 11.8 Å². The maximum absolute atomic E-state index is 12.6. The van der Waals surface area contributed by atoms with Crippen molar-refractivity contribution in [1.29, 1.82) is 0 Å². The molecule has 1 amide bonds. The molecule has 8 nitrogen and oxygen atoms in total. The van der Waals surface area contributed by atoms with Gasteiger partial charge in [0.25, 0.3) is 5.91 Å². The zero-order valence-corrected chi connectivity index (χ0v) is 13.2. The van der Waals surface area contributed by atoms with Crippen molar-refractivity contribution in [3.05, 3.63) is 35.5 Å². The first-order valence-corrected chi connectivity index (χ1v) is 6.90. The van der Waals surface area contributed by atoms with Crippen LogP contribution < -0.4 is 5.32 Å². The van der Waals surface area contributed by atoms with Crippen molar-refractivity contribution in [3.8, 4) is 0 Å². The van der Waals surface area contributed by atoms with Gasteiger partial charge in [-0.15, -0.1) is 0 Å². The molecule has 0 atom stereocenters. The SMILES string of the molecule is COC(=O)c1c(NC(=O)c2cc3occc3n2C)c(C)nn1C.